The maximum absolute atomic E-state index is 11.5. The summed E-state index contributed by atoms with van der Waals surface area (Å²) in [6, 6.07) is 1.80. The SMILES string of the molecule is CCCNS(=O)(=O)Nc1ncc(Br)cc1C. The van der Waals surface area contributed by atoms with Crippen molar-refractivity contribution in [2.75, 3.05) is 11.3 Å². The molecule has 0 spiro atoms. The molecule has 0 aromatic carbocycles. The van der Waals surface area contributed by atoms with Gasteiger partial charge >= 0.3 is 0 Å². The van der Waals surface area contributed by atoms with E-state index in [4.69, 9.17) is 0 Å². The van der Waals surface area contributed by atoms with Crippen LogP contribution in [0.5, 0.6) is 0 Å². The van der Waals surface area contributed by atoms with Gasteiger partial charge in [0.2, 0.25) is 0 Å². The summed E-state index contributed by atoms with van der Waals surface area (Å²) in [6.45, 7) is 4.09. The molecule has 0 saturated heterocycles. The van der Waals surface area contributed by atoms with Gasteiger partial charge in [-0.3, -0.25) is 4.72 Å². The monoisotopic (exact) mass is 307 g/mol. The molecule has 16 heavy (non-hydrogen) atoms. The second kappa shape index (κ2) is 5.60. The molecule has 90 valence electrons. The van der Waals surface area contributed by atoms with Crippen LogP contribution in [0.3, 0.4) is 0 Å². The second-order valence-corrected chi connectivity index (χ2v) is 5.73. The number of rotatable bonds is 5. The van der Waals surface area contributed by atoms with E-state index < -0.39 is 10.2 Å². The number of hydrogen-bond donors (Lipinski definition) is 2. The number of pyridine rings is 1. The van der Waals surface area contributed by atoms with Crippen molar-refractivity contribution in [3.8, 4) is 0 Å². The Kier molecular flexibility index (Phi) is 4.69. The molecule has 7 heteroatoms. The number of halogens is 1. The highest BCUT2D eigenvalue weighted by atomic mass is 79.9. The Morgan fingerprint density at radius 1 is 1.50 bits per heavy atom. The Morgan fingerprint density at radius 3 is 2.75 bits per heavy atom. The van der Waals surface area contributed by atoms with Crippen LogP contribution in [0.1, 0.15) is 18.9 Å². The third-order valence-electron chi connectivity index (χ3n) is 1.82. The molecule has 0 fully saturated rings. The van der Waals surface area contributed by atoms with Crippen LogP contribution in [0.15, 0.2) is 16.7 Å². The zero-order valence-corrected chi connectivity index (χ0v) is 11.5. The van der Waals surface area contributed by atoms with E-state index in [9.17, 15) is 8.42 Å². The Hall–Kier alpha value is -0.660. The second-order valence-electron chi connectivity index (χ2n) is 3.32. The molecule has 0 atom stereocenters. The Bertz CT molecular complexity index is 462. The Morgan fingerprint density at radius 2 is 2.19 bits per heavy atom. The molecule has 1 heterocycles. The average molecular weight is 308 g/mol. The van der Waals surface area contributed by atoms with Gasteiger partial charge in [0.05, 0.1) is 0 Å². The fraction of sp³-hybridized carbons (Fsp3) is 0.444. The van der Waals surface area contributed by atoms with Gasteiger partial charge in [0.15, 0.2) is 0 Å². The molecule has 0 aliphatic carbocycles. The van der Waals surface area contributed by atoms with Gasteiger partial charge in [-0.05, 0) is 40.9 Å². The van der Waals surface area contributed by atoms with Crippen molar-refractivity contribution in [1.82, 2.24) is 9.71 Å². The standard InChI is InChI=1S/C9H14BrN3O2S/c1-3-4-12-16(14,15)13-9-7(2)5-8(10)6-11-9/h5-6,12H,3-4H2,1-2H3,(H,11,13). The molecular weight excluding hydrogens is 294 g/mol. The molecular formula is C9H14BrN3O2S. The summed E-state index contributed by atoms with van der Waals surface area (Å²) in [5.41, 5.74) is 0.760. The van der Waals surface area contributed by atoms with Gasteiger partial charge in [-0.25, -0.2) is 4.98 Å². The van der Waals surface area contributed by atoms with Crippen LogP contribution in [0.4, 0.5) is 5.82 Å². The number of aromatic nitrogens is 1. The van der Waals surface area contributed by atoms with Crippen molar-refractivity contribution in [3.05, 3.63) is 22.3 Å². The molecule has 1 rings (SSSR count). The van der Waals surface area contributed by atoms with Gasteiger partial charge in [-0.2, -0.15) is 13.1 Å². The quantitative estimate of drug-likeness (QED) is 0.871. The van der Waals surface area contributed by atoms with Crippen LogP contribution in [0, 0.1) is 6.92 Å². The summed E-state index contributed by atoms with van der Waals surface area (Å²) in [5.74, 6) is 0.340. The minimum absolute atomic E-state index is 0.340. The molecule has 5 nitrogen and oxygen atoms in total. The highest BCUT2D eigenvalue weighted by molar-refractivity contribution is 9.10. The van der Waals surface area contributed by atoms with Crippen LogP contribution in [-0.2, 0) is 10.2 Å². The van der Waals surface area contributed by atoms with Gasteiger partial charge in [-0.1, -0.05) is 6.92 Å². The van der Waals surface area contributed by atoms with Crippen molar-refractivity contribution < 1.29 is 8.42 Å². The highest BCUT2D eigenvalue weighted by Crippen LogP contribution is 2.17. The molecule has 0 aliphatic heterocycles. The average Bonchev–Trinajstić information content (AvgIpc) is 2.19. The molecule has 1 aromatic heterocycles. The van der Waals surface area contributed by atoms with Gasteiger partial charge < -0.3 is 0 Å². The molecule has 0 unspecified atom stereocenters. The fourth-order valence-electron chi connectivity index (χ4n) is 1.05. The van der Waals surface area contributed by atoms with Crippen LogP contribution >= 0.6 is 15.9 Å². The predicted molar refractivity (Wildman–Crippen MR) is 67.5 cm³/mol. The lowest BCUT2D eigenvalue weighted by molar-refractivity contribution is 0.586. The lowest BCUT2D eigenvalue weighted by Gasteiger charge is -2.09. The summed E-state index contributed by atoms with van der Waals surface area (Å²) >= 11 is 3.26. The lowest BCUT2D eigenvalue weighted by atomic mass is 10.3. The Balaban J connectivity index is 2.80. The van der Waals surface area contributed by atoms with Crippen molar-refractivity contribution in [3.63, 3.8) is 0 Å². The van der Waals surface area contributed by atoms with E-state index in [1.807, 2.05) is 6.92 Å². The first kappa shape index (κ1) is 13.4. The van der Waals surface area contributed by atoms with Crippen molar-refractivity contribution in [2.45, 2.75) is 20.3 Å². The number of hydrogen-bond acceptors (Lipinski definition) is 3. The van der Waals surface area contributed by atoms with Gasteiger partial charge in [0.25, 0.3) is 10.2 Å². The first-order chi connectivity index (χ1) is 7.44. The first-order valence-electron chi connectivity index (χ1n) is 4.84. The van der Waals surface area contributed by atoms with Crippen molar-refractivity contribution >= 4 is 32.0 Å². The van der Waals surface area contributed by atoms with Crippen LogP contribution in [-0.4, -0.2) is 19.9 Å². The van der Waals surface area contributed by atoms with E-state index in [0.29, 0.717) is 12.4 Å². The maximum atomic E-state index is 11.5. The van der Waals surface area contributed by atoms with E-state index >= 15 is 0 Å². The van der Waals surface area contributed by atoms with Gasteiger partial charge in [0, 0.05) is 17.2 Å². The zero-order valence-electron chi connectivity index (χ0n) is 9.12. The molecule has 1 aromatic rings. The molecule has 2 N–H and O–H groups in total. The summed E-state index contributed by atoms with van der Waals surface area (Å²) in [5, 5.41) is 0. The fourth-order valence-corrected chi connectivity index (χ4v) is 2.51. The van der Waals surface area contributed by atoms with Crippen molar-refractivity contribution in [2.24, 2.45) is 0 Å². The van der Waals surface area contributed by atoms with Crippen molar-refractivity contribution in [1.29, 1.82) is 0 Å². The minimum Gasteiger partial charge on any atom is -0.254 e. The maximum Gasteiger partial charge on any atom is 0.300 e. The predicted octanol–water partition coefficient (Wildman–Crippen LogP) is 1.81. The summed E-state index contributed by atoms with van der Waals surface area (Å²) in [6.07, 6.45) is 2.29. The molecule has 0 radical (unpaired) electrons. The third-order valence-corrected chi connectivity index (χ3v) is 3.30. The zero-order chi connectivity index (χ0) is 12.2. The lowest BCUT2D eigenvalue weighted by Crippen LogP contribution is -2.31. The summed E-state index contributed by atoms with van der Waals surface area (Å²) < 4.78 is 28.6. The van der Waals surface area contributed by atoms with E-state index in [2.05, 4.69) is 30.4 Å². The van der Waals surface area contributed by atoms with Gasteiger partial charge in [0.1, 0.15) is 5.82 Å². The van der Waals surface area contributed by atoms with Crippen LogP contribution in [0.2, 0.25) is 0 Å². The number of nitrogens with zero attached hydrogens (tertiary/aromatic N) is 1. The largest absolute Gasteiger partial charge is 0.300 e. The molecule has 0 aliphatic rings. The normalized spacial score (nSPS) is 11.4. The topological polar surface area (TPSA) is 71.1 Å². The summed E-state index contributed by atoms with van der Waals surface area (Å²) in [7, 11) is -3.51. The molecule has 0 amide bonds. The van der Waals surface area contributed by atoms with E-state index in [-0.39, 0.29) is 0 Å². The molecule has 0 bridgehead atoms. The van der Waals surface area contributed by atoms with Crippen LogP contribution < -0.4 is 9.44 Å². The van der Waals surface area contributed by atoms with E-state index in [1.165, 1.54) is 0 Å². The minimum atomic E-state index is -3.51. The number of anilines is 1. The molecule has 0 saturated carbocycles. The van der Waals surface area contributed by atoms with E-state index in [1.54, 1.807) is 19.2 Å². The third kappa shape index (κ3) is 4.07. The Labute approximate surface area is 104 Å². The highest BCUT2D eigenvalue weighted by Gasteiger charge is 2.11. The van der Waals surface area contributed by atoms with Crippen LogP contribution in [0.25, 0.3) is 0 Å². The summed E-state index contributed by atoms with van der Waals surface area (Å²) in [4.78, 5) is 3.99. The van der Waals surface area contributed by atoms with Gasteiger partial charge in [-0.15, -0.1) is 0 Å². The number of nitrogens with one attached hydrogen (secondary N) is 2. The van der Waals surface area contributed by atoms with E-state index in [0.717, 1.165) is 16.5 Å². The smallest absolute Gasteiger partial charge is 0.254 e. The number of aryl methyl sites for hydroxylation is 1. The first-order valence-corrected chi connectivity index (χ1v) is 7.12.